The maximum Gasteiger partial charge on any atom is 0.319 e. The molecule has 3 rings (SSSR count). The Morgan fingerprint density at radius 3 is 2.83 bits per heavy atom. The standard InChI is InChI=1S/C16H22FN3O2S/c17-13-3-1-2-4-14(13)19-15(21)18-11-16(5-10-23-12-16)20-6-8-22-9-7-20/h1-4H,5-12H2,(H2,18,19,21). The highest BCUT2D eigenvalue weighted by molar-refractivity contribution is 7.99. The Kier molecular flexibility index (Phi) is 5.40. The van der Waals surface area contributed by atoms with Crippen LogP contribution in [0.5, 0.6) is 0 Å². The van der Waals surface area contributed by atoms with Gasteiger partial charge in [0.05, 0.1) is 18.9 Å². The number of carbonyl (C=O) groups is 1. The molecule has 1 atom stereocenters. The molecule has 2 aliphatic heterocycles. The van der Waals surface area contributed by atoms with Crippen LogP contribution >= 0.6 is 11.8 Å². The molecule has 2 amide bonds. The fourth-order valence-corrected chi connectivity index (χ4v) is 4.59. The zero-order valence-corrected chi connectivity index (χ0v) is 13.8. The van der Waals surface area contributed by atoms with E-state index >= 15 is 0 Å². The largest absolute Gasteiger partial charge is 0.379 e. The van der Waals surface area contributed by atoms with Gasteiger partial charge in [-0.2, -0.15) is 11.8 Å². The summed E-state index contributed by atoms with van der Waals surface area (Å²) < 4.78 is 19.0. The van der Waals surface area contributed by atoms with Crippen molar-refractivity contribution in [3.05, 3.63) is 30.1 Å². The van der Waals surface area contributed by atoms with Gasteiger partial charge in [0.25, 0.3) is 0 Å². The van der Waals surface area contributed by atoms with E-state index in [2.05, 4.69) is 15.5 Å². The van der Waals surface area contributed by atoms with Crippen LogP contribution in [0.2, 0.25) is 0 Å². The third-order valence-electron chi connectivity index (χ3n) is 4.46. The van der Waals surface area contributed by atoms with E-state index in [9.17, 15) is 9.18 Å². The van der Waals surface area contributed by atoms with Gasteiger partial charge in [0.1, 0.15) is 5.82 Å². The van der Waals surface area contributed by atoms with E-state index in [0.29, 0.717) is 6.54 Å². The number of carbonyl (C=O) groups excluding carboxylic acids is 1. The molecule has 0 spiro atoms. The summed E-state index contributed by atoms with van der Waals surface area (Å²) in [4.78, 5) is 14.5. The minimum Gasteiger partial charge on any atom is -0.379 e. The molecule has 2 fully saturated rings. The van der Waals surface area contributed by atoms with Crippen molar-refractivity contribution in [2.24, 2.45) is 0 Å². The normalized spacial score (nSPS) is 25.3. The number of ether oxygens (including phenoxy) is 1. The average Bonchev–Trinajstić information content (AvgIpc) is 3.06. The lowest BCUT2D eigenvalue weighted by Gasteiger charge is -2.43. The summed E-state index contributed by atoms with van der Waals surface area (Å²) in [5, 5.41) is 5.51. The summed E-state index contributed by atoms with van der Waals surface area (Å²) in [6, 6.07) is 5.82. The summed E-state index contributed by atoms with van der Waals surface area (Å²) in [6.07, 6.45) is 1.05. The van der Waals surface area contributed by atoms with Crippen molar-refractivity contribution in [1.82, 2.24) is 10.2 Å². The number of morpholine rings is 1. The topological polar surface area (TPSA) is 53.6 Å². The number of benzene rings is 1. The van der Waals surface area contributed by atoms with E-state index < -0.39 is 5.82 Å². The van der Waals surface area contributed by atoms with E-state index in [1.807, 2.05) is 11.8 Å². The van der Waals surface area contributed by atoms with Crippen LogP contribution in [0, 0.1) is 5.82 Å². The first-order valence-electron chi connectivity index (χ1n) is 7.90. The molecule has 1 aromatic carbocycles. The molecule has 2 N–H and O–H groups in total. The van der Waals surface area contributed by atoms with Crippen molar-refractivity contribution in [3.8, 4) is 0 Å². The van der Waals surface area contributed by atoms with E-state index in [1.165, 1.54) is 6.07 Å². The Hall–Kier alpha value is -1.31. The van der Waals surface area contributed by atoms with Gasteiger partial charge in [0.15, 0.2) is 0 Å². The maximum atomic E-state index is 13.6. The van der Waals surface area contributed by atoms with Crippen LogP contribution in [0.25, 0.3) is 0 Å². The molecule has 2 aliphatic rings. The lowest BCUT2D eigenvalue weighted by Crippen LogP contribution is -2.59. The fourth-order valence-electron chi connectivity index (χ4n) is 3.11. The van der Waals surface area contributed by atoms with Crippen LogP contribution in [0.4, 0.5) is 14.9 Å². The second-order valence-corrected chi connectivity index (χ2v) is 7.02. The highest BCUT2D eigenvalue weighted by atomic mass is 32.2. The SMILES string of the molecule is O=C(NCC1(N2CCOCC2)CCSC1)Nc1ccccc1F. The third-order valence-corrected chi connectivity index (χ3v) is 5.70. The highest BCUT2D eigenvalue weighted by Crippen LogP contribution is 2.33. The molecule has 23 heavy (non-hydrogen) atoms. The molecule has 1 unspecified atom stereocenters. The van der Waals surface area contributed by atoms with Crippen molar-refractivity contribution in [3.63, 3.8) is 0 Å². The van der Waals surface area contributed by atoms with Crippen LogP contribution in [-0.4, -0.2) is 60.8 Å². The number of nitrogens with one attached hydrogen (secondary N) is 2. The van der Waals surface area contributed by atoms with Crippen LogP contribution in [-0.2, 0) is 4.74 Å². The smallest absolute Gasteiger partial charge is 0.319 e. The lowest BCUT2D eigenvalue weighted by atomic mass is 9.95. The molecule has 0 radical (unpaired) electrons. The van der Waals surface area contributed by atoms with Gasteiger partial charge in [0, 0.05) is 30.9 Å². The van der Waals surface area contributed by atoms with Gasteiger partial charge in [-0.1, -0.05) is 12.1 Å². The summed E-state index contributed by atoms with van der Waals surface area (Å²) in [7, 11) is 0. The number of halogens is 1. The molecule has 126 valence electrons. The highest BCUT2D eigenvalue weighted by Gasteiger charge is 2.40. The number of rotatable bonds is 4. The van der Waals surface area contributed by atoms with Crippen molar-refractivity contribution in [2.75, 3.05) is 49.7 Å². The number of anilines is 1. The van der Waals surface area contributed by atoms with E-state index in [4.69, 9.17) is 4.74 Å². The Labute approximate surface area is 139 Å². The molecule has 0 aliphatic carbocycles. The Morgan fingerprint density at radius 2 is 2.13 bits per heavy atom. The Balaban J connectivity index is 1.58. The maximum absolute atomic E-state index is 13.6. The minimum atomic E-state index is -0.429. The number of hydrogen-bond donors (Lipinski definition) is 2. The van der Waals surface area contributed by atoms with Gasteiger partial charge >= 0.3 is 6.03 Å². The molecule has 0 aromatic heterocycles. The van der Waals surface area contributed by atoms with E-state index in [-0.39, 0.29) is 17.3 Å². The molecule has 0 saturated carbocycles. The average molecular weight is 339 g/mol. The van der Waals surface area contributed by atoms with Crippen molar-refractivity contribution in [2.45, 2.75) is 12.0 Å². The van der Waals surface area contributed by atoms with E-state index in [0.717, 1.165) is 44.2 Å². The van der Waals surface area contributed by atoms with Gasteiger partial charge in [-0.15, -0.1) is 0 Å². The molecular formula is C16H22FN3O2S. The van der Waals surface area contributed by atoms with Crippen LogP contribution in [0.1, 0.15) is 6.42 Å². The number of urea groups is 1. The molecule has 2 heterocycles. The minimum absolute atomic E-state index is 0.0129. The Morgan fingerprint density at radius 1 is 1.35 bits per heavy atom. The number of thioether (sulfide) groups is 1. The summed E-state index contributed by atoms with van der Waals surface area (Å²) >= 11 is 1.92. The molecule has 7 heteroatoms. The van der Waals surface area contributed by atoms with Crippen molar-refractivity contribution < 1.29 is 13.9 Å². The number of nitrogens with zero attached hydrogens (tertiary/aromatic N) is 1. The first kappa shape index (κ1) is 16.5. The number of para-hydroxylation sites is 1. The summed E-state index contributed by atoms with van der Waals surface area (Å²) in [5.74, 6) is 1.68. The first-order valence-corrected chi connectivity index (χ1v) is 9.05. The number of hydrogen-bond acceptors (Lipinski definition) is 4. The van der Waals surface area contributed by atoms with Gasteiger partial charge in [-0.25, -0.2) is 9.18 Å². The summed E-state index contributed by atoms with van der Waals surface area (Å²) in [6.45, 7) is 3.86. The zero-order valence-electron chi connectivity index (χ0n) is 13.0. The fraction of sp³-hybridized carbons (Fsp3) is 0.562. The van der Waals surface area contributed by atoms with Gasteiger partial charge in [-0.05, 0) is 24.3 Å². The molecule has 2 saturated heterocycles. The van der Waals surface area contributed by atoms with Crippen molar-refractivity contribution >= 4 is 23.5 Å². The zero-order chi connectivity index (χ0) is 16.1. The molecular weight excluding hydrogens is 317 g/mol. The third kappa shape index (κ3) is 3.97. The second kappa shape index (κ2) is 7.51. The van der Waals surface area contributed by atoms with Gasteiger partial charge < -0.3 is 15.4 Å². The lowest BCUT2D eigenvalue weighted by molar-refractivity contribution is -0.0123. The summed E-state index contributed by atoms with van der Waals surface area (Å²) in [5.41, 5.74) is 0.187. The molecule has 0 bridgehead atoms. The monoisotopic (exact) mass is 339 g/mol. The molecule has 1 aromatic rings. The van der Waals surface area contributed by atoms with Crippen LogP contribution in [0.15, 0.2) is 24.3 Å². The Bertz CT molecular complexity index is 546. The second-order valence-electron chi connectivity index (χ2n) is 5.91. The first-order chi connectivity index (χ1) is 11.2. The van der Waals surface area contributed by atoms with E-state index in [1.54, 1.807) is 18.2 Å². The molecule has 5 nitrogen and oxygen atoms in total. The van der Waals surface area contributed by atoms with Crippen LogP contribution < -0.4 is 10.6 Å². The van der Waals surface area contributed by atoms with Crippen molar-refractivity contribution in [1.29, 1.82) is 0 Å². The predicted molar refractivity (Wildman–Crippen MR) is 90.5 cm³/mol. The predicted octanol–water partition coefficient (Wildman–Crippen LogP) is 2.16. The quantitative estimate of drug-likeness (QED) is 0.883. The van der Waals surface area contributed by atoms with Gasteiger partial charge in [-0.3, -0.25) is 4.90 Å². The van der Waals surface area contributed by atoms with Gasteiger partial charge in [0.2, 0.25) is 0 Å². The van der Waals surface area contributed by atoms with Crippen LogP contribution in [0.3, 0.4) is 0 Å². The number of amides is 2.